The molecule has 0 aliphatic carbocycles. The molecule has 228 valence electrons. The summed E-state index contributed by atoms with van der Waals surface area (Å²) in [7, 11) is 0. The van der Waals surface area contributed by atoms with E-state index in [9.17, 15) is 0 Å². The normalized spacial score (nSPS) is 14.5. The molecule has 0 bridgehead atoms. The van der Waals surface area contributed by atoms with Crippen LogP contribution in [0.25, 0.3) is 22.0 Å². The van der Waals surface area contributed by atoms with Gasteiger partial charge in [0.15, 0.2) is 11.7 Å². The Labute approximate surface area is 273 Å². The molecular formula is C43H42N3+. The first-order valence-corrected chi connectivity index (χ1v) is 16.8. The zero-order valence-corrected chi connectivity index (χ0v) is 27.9. The summed E-state index contributed by atoms with van der Waals surface area (Å²) in [5, 5.41) is 2.61. The molecule has 0 spiro atoms. The van der Waals surface area contributed by atoms with Crippen molar-refractivity contribution in [2.24, 2.45) is 0 Å². The predicted octanol–water partition coefficient (Wildman–Crippen LogP) is 11.4. The molecule has 8 rings (SSSR count). The topological polar surface area (TPSA) is 10.4 Å². The number of hydrogen-bond acceptors (Lipinski definition) is 2. The molecule has 3 nitrogen and oxygen atoms in total. The molecule has 0 radical (unpaired) electrons. The second-order valence-corrected chi connectivity index (χ2v) is 13.4. The Balaban J connectivity index is 1.44. The summed E-state index contributed by atoms with van der Waals surface area (Å²) in [5.41, 5.74) is 16.7. The van der Waals surface area contributed by atoms with Gasteiger partial charge in [0.05, 0.1) is 33.7 Å². The summed E-state index contributed by atoms with van der Waals surface area (Å²) >= 11 is 0. The van der Waals surface area contributed by atoms with Crippen LogP contribution >= 0.6 is 0 Å². The lowest BCUT2D eigenvalue weighted by molar-refractivity contribution is -0.757. The zero-order valence-electron chi connectivity index (χ0n) is 27.9. The van der Waals surface area contributed by atoms with Crippen molar-refractivity contribution >= 4 is 44.9 Å². The van der Waals surface area contributed by atoms with Gasteiger partial charge in [-0.25, -0.2) is 0 Å². The smallest absolute Gasteiger partial charge is 0.221 e. The molecule has 2 aliphatic rings. The summed E-state index contributed by atoms with van der Waals surface area (Å²) in [6.07, 6.45) is 5.58. The third-order valence-corrected chi connectivity index (χ3v) is 10.8. The van der Waals surface area contributed by atoms with Gasteiger partial charge in [-0.2, -0.15) is 4.57 Å². The number of rotatable bonds is 4. The quantitative estimate of drug-likeness (QED) is 0.186. The number of nitrogens with zero attached hydrogens (tertiary/aromatic N) is 3. The van der Waals surface area contributed by atoms with Crippen LogP contribution in [0.4, 0.5) is 34.1 Å². The van der Waals surface area contributed by atoms with Gasteiger partial charge in [0.2, 0.25) is 5.69 Å². The summed E-state index contributed by atoms with van der Waals surface area (Å²) in [5.74, 6) is 0. The molecule has 1 aromatic heterocycles. The molecule has 5 aromatic carbocycles. The van der Waals surface area contributed by atoms with Crippen molar-refractivity contribution in [1.29, 1.82) is 0 Å². The maximum absolute atomic E-state index is 2.61. The van der Waals surface area contributed by atoms with Crippen molar-refractivity contribution in [2.45, 2.75) is 66.3 Å². The molecule has 3 heteroatoms. The molecule has 46 heavy (non-hydrogen) atoms. The van der Waals surface area contributed by atoms with Crippen molar-refractivity contribution < 1.29 is 4.57 Å². The molecule has 6 aromatic rings. The Morgan fingerprint density at radius 2 is 1.13 bits per heavy atom. The first-order valence-electron chi connectivity index (χ1n) is 16.8. The largest absolute Gasteiger partial charge is 0.306 e. The van der Waals surface area contributed by atoms with E-state index in [0.717, 1.165) is 19.3 Å². The van der Waals surface area contributed by atoms with Crippen molar-refractivity contribution in [1.82, 2.24) is 0 Å². The molecule has 0 amide bonds. The average molecular weight is 601 g/mol. The van der Waals surface area contributed by atoms with Crippen LogP contribution in [0.2, 0.25) is 0 Å². The van der Waals surface area contributed by atoms with Gasteiger partial charge < -0.3 is 9.80 Å². The third kappa shape index (κ3) is 4.00. The van der Waals surface area contributed by atoms with Crippen LogP contribution in [0.3, 0.4) is 0 Å². The molecule has 0 unspecified atom stereocenters. The first-order chi connectivity index (χ1) is 22.4. The maximum atomic E-state index is 2.61. The minimum Gasteiger partial charge on any atom is -0.306 e. The summed E-state index contributed by atoms with van der Waals surface area (Å²) < 4.78 is 2.61. The standard InChI is InChI=1S/C43H42N3/c1-7-43(8-2)27-33-22-23-35(26-37(33)42-36-17-13-12-14-32(36)24-25-44(42)43)46-40-30(5)20-18-28(3)38(40)45(34-15-10-9-11-16-34)39-29(4)19-21-31(6)41(39)46/h9-26H,7-8,27H2,1-6H3/q+1. The van der Waals surface area contributed by atoms with Crippen LogP contribution < -0.4 is 14.4 Å². The molecule has 2 aliphatic heterocycles. The average Bonchev–Trinajstić information content (AvgIpc) is 3.10. The minimum absolute atomic E-state index is 0.0653. The number of anilines is 6. The molecule has 0 saturated heterocycles. The van der Waals surface area contributed by atoms with Gasteiger partial charge in [-0.05, 0) is 91.2 Å². The summed E-state index contributed by atoms with van der Waals surface area (Å²) in [6.45, 7) is 13.7. The highest BCUT2D eigenvalue weighted by atomic mass is 15.3. The minimum atomic E-state index is 0.0653. The van der Waals surface area contributed by atoms with Crippen LogP contribution in [-0.2, 0) is 12.0 Å². The Morgan fingerprint density at radius 3 is 1.72 bits per heavy atom. The van der Waals surface area contributed by atoms with Crippen LogP contribution in [0.15, 0.2) is 109 Å². The number of pyridine rings is 1. The van der Waals surface area contributed by atoms with E-state index < -0.39 is 0 Å². The van der Waals surface area contributed by atoms with Crippen molar-refractivity contribution in [2.75, 3.05) is 9.80 Å². The van der Waals surface area contributed by atoms with Crippen LogP contribution in [-0.4, -0.2) is 0 Å². The number of benzene rings is 5. The van der Waals surface area contributed by atoms with Gasteiger partial charge >= 0.3 is 0 Å². The molecule has 0 N–H and O–H groups in total. The second-order valence-electron chi connectivity index (χ2n) is 13.4. The molecular weight excluding hydrogens is 558 g/mol. The van der Waals surface area contributed by atoms with E-state index in [1.165, 1.54) is 84.0 Å². The van der Waals surface area contributed by atoms with Crippen molar-refractivity contribution in [3.8, 4) is 11.3 Å². The summed E-state index contributed by atoms with van der Waals surface area (Å²) in [4.78, 5) is 5.06. The van der Waals surface area contributed by atoms with E-state index in [4.69, 9.17) is 0 Å². The second kappa shape index (κ2) is 10.6. The molecule has 0 saturated carbocycles. The predicted molar refractivity (Wildman–Crippen MR) is 194 cm³/mol. The van der Waals surface area contributed by atoms with E-state index in [0.29, 0.717) is 0 Å². The lowest BCUT2D eigenvalue weighted by Gasteiger charge is -2.44. The Kier molecular flexibility index (Phi) is 6.58. The zero-order chi connectivity index (χ0) is 31.7. The van der Waals surface area contributed by atoms with Gasteiger partial charge in [-0.3, -0.25) is 0 Å². The Morgan fingerprint density at radius 1 is 0.587 bits per heavy atom. The summed E-state index contributed by atoms with van der Waals surface area (Å²) in [6, 6.07) is 38.5. The van der Waals surface area contributed by atoms with Crippen molar-refractivity contribution in [3.05, 3.63) is 137 Å². The van der Waals surface area contributed by atoms with Crippen molar-refractivity contribution in [3.63, 3.8) is 0 Å². The Hall–Kier alpha value is -4.89. The molecule has 3 heterocycles. The SMILES string of the molecule is CCC1(CC)Cc2ccc(N3c4c(C)ccc(C)c4N(c4ccccc4)c4c(C)ccc(C)c43)cc2-c2c3ccccc3cc[n+]21. The van der Waals surface area contributed by atoms with Crippen LogP contribution in [0.5, 0.6) is 0 Å². The lowest BCUT2D eigenvalue weighted by atomic mass is 9.78. The number of aryl methyl sites for hydroxylation is 4. The van der Waals surface area contributed by atoms with Gasteiger partial charge in [0, 0.05) is 36.7 Å². The third-order valence-electron chi connectivity index (χ3n) is 10.8. The fraction of sp³-hybridized carbons (Fsp3) is 0.233. The number of hydrogen-bond donors (Lipinski definition) is 0. The van der Waals surface area contributed by atoms with E-state index >= 15 is 0 Å². The molecule has 0 fully saturated rings. The van der Waals surface area contributed by atoms with Crippen LogP contribution in [0, 0.1) is 27.7 Å². The number of fused-ring (bicyclic) bond motifs is 7. The van der Waals surface area contributed by atoms with Gasteiger partial charge in [-0.15, -0.1) is 0 Å². The van der Waals surface area contributed by atoms with E-state index in [2.05, 4.69) is 165 Å². The first kappa shape index (κ1) is 28.6. The highest BCUT2D eigenvalue weighted by Crippen LogP contribution is 2.58. The van der Waals surface area contributed by atoms with E-state index in [1.54, 1.807) is 0 Å². The highest BCUT2D eigenvalue weighted by molar-refractivity contribution is 6.06. The van der Waals surface area contributed by atoms with Gasteiger partial charge in [-0.1, -0.05) is 80.6 Å². The number of para-hydroxylation sites is 1. The van der Waals surface area contributed by atoms with E-state index in [1.807, 2.05) is 0 Å². The molecule has 0 atom stereocenters. The fourth-order valence-electron chi connectivity index (χ4n) is 8.25. The van der Waals surface area contributed by atoms with E-state index in [-0.39, 0.29) is 5.54 Å². The highest BCUT2D eigenvalue weighted by Gasteiger charge is 2.45. The Bertz CT molecular complexity index is 2100. The lowest BCUT2D eigenvalue weighted by Crippen LogP contribution is -2.60. The monoisotopic (exact) mass is 600 g/mol. The van der Waals surface area contributed by atoms with Gasteiger partial charge in [0.1, 0.15) is 0 Å². The van der Waals surface area contributed by atoms with Crippen LogP contribution in [0.1, 0.15) is 54.5 Å². The maximum Gasteiger partial charge on any atom is 0.221 e. The van der Waals surface area contributed by atoms with Gasteiger partial charge in [0.25, 0.3) is 0 Å². The number of aromatic nitrogens is 1. The fourth-order valence-corrected chi connectivity index (χ4v) is 8.25.